The molecule has 0 aliphatic carbocycles. The number of rotatable bonds is 2. The van der Waals surface area contributed by atoms with Crippen molar-refractivity contribution in [1.82, 2.24) is 4.98 Å². The molecule has 0 radical (unpaired) electrons. The third-order valence-corrected chi connectivity index (χ3v) is 7.58. The van der Waals surface area contributed by atoms with Crippen LogP contribution in [0.1, 0.15) is 10.5 Å². The molecule has 0 aliphatic heterocycles. The number of carbonyl (C=O) groups excluding carboxylic acids is 1. The molecule has 0 saturated heterocycles. The number of nitrogen functional groups attached to an aromatic ring is 1. The van der Waals surface area contributed by atoms with E-state index in [9.17, 15) is 9.18 Å². The third kappa shape index (κ3) is 2.82. The van der Waals surface area contributed by atoms with Crippen molar-refractivity contribution in [2.75, 3.05) is 12.8 Å². The Morgan fingerprint density at radius 1 is 1.47 bits per heavy atom. The van der Waals surface area contributed by atoms with Gasteiger partial charge in [0.05, 0.1) is 0 Å². The molecular weight excluding hydrogens is 353 g/mol. The Bertz CT molecular complexity index is 474. The second kappa shape index (κ2) is 4.97. The predicted octanol–water partition coefficient (Wildman–Crippen LogP) is 1.79. The van der Waals surface area contributed by atoms with Crippen LogP contribution in [0.3, 0.4) is 0 Å². The summed E-state index contributed by atoms with van der Waals surface area (Å²) in [5.41, 5.74) is 5.20. The van der Waals surface area contributed by atoms with E-state index in [4.69, 9.17) is 17.3 Å². The summed E-state index contributed by atoms with van der Waals surface area (Å²) >= 11 is 2.99. The van der Waals surface area contributed by atoms with Crippen molar-refractivity contribution in [3.8, 4) is 0 Å². The van der Waals surface area contributed by atoms with Crippen LogP contribution in [-0.2, 0) is 4.74 Å². The van der Waals surface area contributed by atoms with E-state index < -0.39 is 30.2 Å². The molecule has 0 spiro atoms. The summed E-state index contributed by atoms with van der Waals surface area (Å²) in [5.74, 6) is -1.32. The van der Waals surface area contributed by atoms with Gasteiger partial charge in [0.2, 0.25) is 0 Å². The molecule has 0 saturated carbocycles. The standard InChI is InChI=1S/C7H5ClFN2O2.3CH3.Sn/c1-13-7(12)6-4(8)5(10)3(9)2-11-6;;;;/h1H3,(H2,10,11);3*1H3;. The van der Waals surface area contributed by atoms with Crippen LogP contribution in [0.5, 0.6) is 0 Å². The molecule has 0 bridgehead atoms. The monoisotopic (exact) mass is 368 g/mol. The Kier molecular flexibility index (Phi) is 4.24. The fourth-order valence-electron chi connectivity index (χ4n) is 1.29. The van der Waals surface area contributed by atoms with E-state index in [0.717, 1.165) is 0 Å². The van der Waals surface area contributed by atoms with E-state index in [-0.39, 0.29) is 16.4 Å². The Hall–Kier alpha value is -0.561. The minimum absolute atomic E-state index is 0.116. The zero-order valence-electron chi connectivity index (χ0n) is 10.1. The van der Waals surface area contributed by atoms with Crippen LogP contribution < -0.4 is 9.44 Å². The first-order valence-corrected chi connectivity index (χ1v) is 15.3. The fourth-order valence-corrected chi connectivity index (χ4v) is 5.03. The van der Waals surface area contributed by atoms with Crippen LogP contribution in [0.4, 0.5) is 10.1 Å². The van der Waals surface area contributed by atoms with Gasteiger partial charge in [0.25, 0.3) is 0 Å². The summed E-state index contributed by atoms with van der Waals surface area (Å²) in [6.45, 7) is 0. The molecule has 7 heteroatoms. The number of hydrogen-bond donors (Lipinski definition) is 1. The van der Waals surface area contributed by atoms with Crippen molar-refractivity contribution in [2.24, 2.45) is 0 Å². The molecular formula is C10H14ClFN2O2Sn. The molecule has 94 valence electrons. The van der Waals surface area contributed by atoms with E-state index in [1.165, 1.54) is 7.11 Å². The molecule has 17 heavy (non-hydrogen) atoms. The topological polar surface area (TPSA) is 65.2 Å². The molecule has 0 fully saturated rings. The van der Waals surface area contributed by atoms with Crippen LogP contribution >= 0.6 is 11.6 Å². The molecule has 1 rings (SSSR count). The van der Waals surface area contributed by atoms with Crippen molar-refractivity contribution in [3.63, 3.8) is 0 Å². The average molecular weight is 367 g/mol. The number of carbonyl (C=O) groups is 1. The summed E-state index contributed by atoms with van der Waals surface area (Å²) in [7, 11) is 1.21. The van der Waals surface area contributed by atoms with Crippen LogP contribution in [-0.4, -0.2) is 36.4 Å². The van der Waals surface area contributed by atoms with Crippen molar-refractivity contribution < 1.29 is 13.9 Å². The predicted molar refractivity (Wildman–Crippen MR) is 67.9 cm³/mol. The molecule has 1 aromatic rings. The SMILES string of the molecule is COC(=O)c1n[c]([Sn]([CH3])([CH3])[CH3])c(F)c(N)c1Cl. The number of esters is 1. The average Bonchev–Trinajstić information content (AvgIpc) is 2.23. The van der Waals surface area contributed by atoms with Gasteiger partial charge in [0.1, 0.15) is 0 Å². The summed E-state index contributed by atoms with van der Waals surface area (Å²) in [4.78, 5) is 21.4. The van der Waals surface area contributed by atoms with Crippen LogP contribution in [0.15, 0.2) is 0 Å². The van der Waals surface area contributed by atoms with Gasteiger partial charge in [0, 0.05) is 0 Å². The maximum atomic E-state index is 13.9. The number of ether oxygens (including phenoxy) is 1. The number of aromatic nitrogens is 1. The molecule has 1 heterocycles. The van der Waals surface area contributed by atoms with Crippen molar-refractivity contribution in [3.05, 3.63) is 16.5 Å². The fraction of sp³-hybridized carbons (Fsp3) is 0.400. The van der Waals surface area contributed by atoms with Gasteiger partial charge in [-0.2, -0.15) is 0 Å². The number of anilines is 1. The molecule has 1 aromatic heterocycles. The second-order valence-corrected chi connectivity index (χ2v) is 19.2. The first kappa shape index (κ1) is 14.5. The Morgan fingerprint density at radius 2 is 2.00 bits per heavy atom. The van der Waals surface area contributed by atoms with Gasteiger partial charge in [-0.1, -0.05) is 0 Å². The first-order chi connectivity index (χ1) is 7.70. The quantitative estimate of drug-likeness (QED) is 0.639. The number of halogens is 2. The number of hydrogen-bond acceptors (Lipinski definition) is 4. The molecule has 0 atom stereocenters. The Labute approximate surface area is 108 Å². The molecule has 2 N–H and O–H groups in total. The summed E-state index contributed by atoms with van der Waals surface area (Å²) in [6.07, 6.45) is 0. The van der Waals surface area contributed by atoms with Crippen LogP contribution in [0.2, 0.25) is 19.8 Å². The molecule has 0 amide bonds. The van der Waals surface area contributed by atoms with Gasteiger partial charge in [-0.25, -0.2) is 0 Å². The van der Waals surface area contributed by atoms with Crippen molar-refractivity contribution in [1.29, 1.82) is 0 Å². The molecule has 0 aliphatic rings. The normalized spacial score (nSPS) is 11.4. The van der Waals surface area contributed by atoms with Crippen molar-refractivity contribution >= 4 is 45.3 Å². The van der Waals surface area contributed by atoms with E-state index in [2.05, 4.69) is 9.72 Å². The van der Waals surface area contributed by atoms with Gasteiger partial charge in [0.15, 0.2) is 0 Å². The minimum atomic E-state index is -2.80. The third-order valence-electron chi connectivity index (χ3n) is 2.20. The molecule has 0 aromatic carbocycles. The van der Waals surface area contributed by atoms with Crippen LogP contribution in [0.25, 0.3) is 0 Å². The summed E-state index contributed by atoms with van der Waals surface area (Å²) in [6, 6.07) is 0. The maximum absolute atomic E-state index is 13.9. The first-order valence-electron chi connectivity index (χ1n) is 4.93. The van der Waals surface area contributed by atoms with Crippen molar-refractivity contribution in [2.45, 2.75) is 14.8 Å². The zero-order chi connectivity index (χ0) is 13.4. The van der Waals surface area contributed by atoms with E-state index in [1.807, 2.05) is 14.8 Å². The van der Waals surface area contributed by atoms with Gasteiger partial charge >= 0.3 is 108 Å². The number of methoxy groups -OCH3 is 1. The number of pyridine rings is 1. The molecule has 0 unspecified atom stereocenters. The zero-order valence-corrected chi connectivity index (χ0v) is 13.7. The van der Waals surface area contributed by atoms with E-state index >= 15 is 0 Å². The van der Waals surface area contributed by atoms with E-state index in [1.54, 1.807) is 0 Å². The summed E-state index contributed by atoms with van der Waals surface area (Å²) in [5, 5.41) is -0.186. The Balaban J connectivity index is 3.56. The van der Waals surface area contributed by atoms with Gasteiger partial charge in [-0.15, -0.1) is 0 Å². The van der Waals surface area contributed by atoms with E-state index in [0.29, 0.717) is 3.71 Å². The van der Waals surface area contributed by atoms with Gasteiger partial charge < -0.3 is 0 Å². The number of nitrogens with zero attached hydrogens (tertiary/aromatic N) is 1. The number of nitrogens with two attached hydrogens (primary N) is 1. The van der Waals surface area contributed by atoms with Gasteiger partial charge in [-0.05, 0) is 0 Å². The second-order valence-electron chi connectivity index (χ2n) is 4.59. The van der Waals surface area contributed by atoms with Crippen LogP contribution in [0, 0.1) is 5.82 Å². The molecule has 4 nitrogen and oxygen atoms in total. The Morgan fingerprint density at radius 3 is 2.41 bits per heavy atom. The summed E-state index contributed by atoms with van der Waals surface area (Å²) < 4.78 is 18.8. The van der Waals surface area contributed by atoms with Gasteiger partial charge in [-0.3, -0.25) is 0 Å².